The quantitative estimate of drug-likeness (QED) is 0.457. The number of nitro benzene ring substituents is 2. The molecule has 1 aromatic carbocycles. The molecule has 0 N–H and O–H groups in total. The zero-order chi connectivity index (χ0) is 17.4. The molecule has 0 saturated carbocycles. The molecule has 3 rings (SSSR count). The number of nitrogens with zero attached hydrogens (tertiary/aromatic N) is 2. The standard InChI is InChI=1S/C7H4BrF3.C6H2N2O4/c8-6-4-2-1-3-5(6)7(9,10)11;9-7(10)4-1-3-2-5(6(3)4)8(11)12/h1-4H;1-2H. The maximum Gasteiger partial charge on any atom is 0.417 e. The molecule has 0 saturated heterocycles. The highest BCUT2D eigenvalue weighted by Crippen LogP contribution is 2.50. The first kappa shape index (κ1) is 16.9. The first-order valence-corrected chi connectivity index (χ1v) is 6.71. The summed E-state index contributed by atoms with van der Waals surface area (Å²) in [5.41, 5.74) is -0.156. The molecule has 0 fully saturated rings. The number of halogens is 4. The maximum absolute atomic E-state index is 12.0. The molecule has 1 aromatic rings. The number of alkyl halides is 3. The van der Waals surface area contributed by atoms with Crippen LogP contribution in [0.2, 0.25) is 0 Å². The Morgan fingerprint density at radius 3 is 1.74 bits per heavy atom. The second-order valence-electron chi connectivity index (χ2n) is 4.38. The summed E-state index contributed by atoms with van der Waals surface area (Å²) in [5.74, 6) is 0. The van der Waals surface area contributed by atoms with Crippen molar-refractivity contribution in [3.05, 3.63) is 66.7 Å². The molecular formula is C13H6BrF3N2O4. The molecular weight excluding hydrogens is 385 g/mol. The van der Waals surface area contributed by atoms with E-state index in [1.165, 1.54) is 24.3 Å². The molecule has 0 bridgehead atoms. The third-order valence-corrected chi connectivity index (χ3v) is 3.65. The van der Waals surface area contributed by atoms with Gasteiger partial charge in [0.15, 0.2) is 0 Å². The Morgan fingerprint density at radius 2 is 1.43 bits per heavy atom. The minimum Gasteiger partial charge on any atom is -0.258 e. The molecule has 2 aliphatic carbocycles. The highest BCUT2D eigenvalue weighted by atomic mass is 79.9. The zero-order valence-corrected chi connectivity index (χ0v) is 12.6. The predicted octanol–water partition coefficient (Wildman–Crippen LogP) is 4.95. The van der Waals surface area contributed by atoms with Crippen molar-refractivity contribution < 1.29 is 23.0 Å². The van der Waals surface area contributed by atoms with E-state index in [1.54, 1.807) is 6.07 Å². The molecule has 0 amide bonds. The van der Waals surface area contributed by atoms with Gasteiger partial charge in [0.25, 0.3) is 11.4 Å². The number of nitro groups is 2. The first-order valence-electron chi connectivity index (χ1n) is 5.92. The van der Waals surface area contributed by atoms with Gasteiger partial charge in [-0.3, -0.25) is 20.2 Å². The van der Waals surface area contributed by atoms with Gasteiger partial charge >= 0.3 is 6.18 Å². The van der Waals surface area contributed by atoms with E-state index in [0.717, 1.165) is 6.07 Å². The molecule has 0 heterocycles. The van der Waals surface area contributed by atoms with Gasteiger partial charge in [-0.25, -0.2) is 0 Å². The van der Waals surface area contributed by atoms with E-state index in [9.17, 15) is 33.4 Å². The maximum atomic E-state index is 12.0. The van der Waals surface area contributed by atoms with Gasteiger partial charge < -0.3 is 0 Å². The van der Waals surface area contributed by atoms with Gasteiger partial charge in [0.05, 0.1) is 15.4 Å². The van der Waals surface area contributed by atoms with Crippen LogP contribution in [-0.4, -0.2) is 9.85 Å². The number of benzene rings is 2. The van der Waals surface area contributed by atoms with Crippen molar-refractivity contribution in [2.24, 2.45) is 0 Å². The van der Waals surface area contributed by atoms with E-state index < -0.39 is 21.6 Å². The fraction of sp³-hybridized carbons (Fsp3) is 0.0769. The first-order chi connectivity index (χ1) is 10.6. The summed E-state index contributed by atoms with van der Waals surface area (Å²) in [6, 6.07) is 7.94. The van der Waals surface area contributed by atoms with E-state index >= 15 is 0 Å². The van der Waals surface area contributed by atoms with Crippen LogP contribution in [0.15, 0.2) is 40.9 Å². The molecule has 0 radical (unpaired) electrons. The lowest BCUT2D eigenvalue weighted by Gasteiger charge is -2.14. The van der Waals surface area contributed by atoms with E-state index in [0.29, 0.717) is 5.56 Å². The molecule has 23 heavy (non-hydrogen) atoms. The Balaban J connectivity index is 0.000000168. The van der Waals surface area contributed by atoms with Gasteiger partial charge in [0, 0.05) is 22.2 Å². The Kier molecular flexibility index (Phi) is 4.37. The normalized spacial score (nSPS) is 11.3. The highest BCUT2D eigenvalue weighted by molar-refractivity contribution is 9.10. The number of rotatable bonds is 2. The molecule has 10 heteroatoms. The van der Waals surface area contributed by atoms with Gasteiger partial charge in [-0.2, -0.15) is 13.2 Å². The lowest BCUT2D eigenvalue weighted by Crippen LogP contribution is -2.06. The van der Waals surface area contributed by atoms with Crippen molar-refractivity contribution in [1.82, 2.24) is 0 Å². The van der Waals surface area contributed by atoms with Crippen LogP contribution in [-0.2, 0) is 6.18 Å². The van der Waals surface area contributed by atoms with Gasteiger partial charge in [-0.05, 0) is 12.1 Å². The second kappa shape index (κ2) is 5.95. The number of hydrogen-bond donors (Lipinski definition) is 0. The van der Waals surface area contributed by atoms with Crippen LogP contribution in [0.3, 0.4) is 0 Å². The summed E-state index contributed by atoms with van der Waals surface area (Å²) < 4.78 is 36.1. The summed E-state index contributed by atoms with van der Waals surface area (Å²) in [4.78, 5) is 19.2. The summed E-state index contributed by atoms with van der Waals surface area (Å²) in [5, 5.41) is 20.4. The minimum absolute atomic E-state index is 0.0764. The topological polar surface area (TPSA) is 86.3 Å². The van der Waals surface area contributed by atoms with Crippen LogP contribution in [0.25, 0.3) is 11.1 Å². The average molecular weight is 391 g/mol. The molecule has 0 aliphatic heterocycles. The molecule has 0 aromatic heterocycles. The SMILES string of the molecule is FC(F)(F)c1ccccc1Br.O=[N+]([O-])c1cc2cc([N+](=O)[O-])c1-2. The molecule has 120 valence electrons. The van der Waals surface area contributed by atoms with Crippen molar-refractivity contribution in [2.75, 3.05) is 0 Å². The predicted molar refractivity (Wildman–Crippen MR) is 77.9 cm³/mol. The van der Waals surface area contributed by atoms with Crippen molar-refractivity contribution in [1.29, 1.82) is 0 Å². The summed E-state index contributed by atoms with van der Waals surface area (Å²) >= 11 is 2.81. The summed E-state index contributed by atoms with van der Waals surface area (Å²) in [7, 11) is 0. The van der Waals surface area contributed by atoms with Crippen molar-refractivity contribution in [3.8, 4) is 11.1 Å². The highest BCUT2D eigenvalue weighted by Gasteiger charge is 2.38. The van der Waals surface area contributed by atoms with E-state index in [1.807, 2.05) is 0 Å². The zero-order valence-electron chi connectivity index (χ0n) is 11.0. The van der Waals surface area contributed by atoms with Gasteiger partial charge in [-0.1, -0.05) is 28.1 Å². The number of hydrogen-bond acceptors (Lipinski definition) is 4. The molecule has 6 nitrogen and oxygen atoms in total. The van der Waals surface area contributed by atoms with Crippen molar-refractivity contribution in [2.45, 2.75) is 6.18 Å². The molecule has 0 atom stereocenters. The Morgan fingerprint density at radius 1 is 0.957 bits per heavy atom. The Bertz CT molecular complexity index is 773. The third-order valence-electron chi connectivity index (χ3n) is 2.96. The van der Waals surface area contributed by atoms with Crippen molar-refractivity contribution >= 4 is 27.3 Å². The van der Waals surface area contributed by atoms with Crippen LogP contribution in [0, 0.1) is 20.2 Å². The Labute approximate surface area is 135 Å². The smallest absolute Gasteiger partial charge is 0.258 e. The van der Waals surface area contributed by atoms with Crippen LogP contribution in [0.1, 0.15) is 5.56 Å². The van der Waals surface area contributed by atoms with Crippen LogP contribution in [0.4, 0.5) is 24.5 Å². The van der Waals surface area contributed by atoms with Crippen LogP contribution in [0.5, 0.6) is 0 Å². The fourth-order valence-corrected chi connectivity index (χ4v) is 2.39. The molecule has 0 spiro atoms. The van der Waals surface area contributed by atoms with Crippen molar-refractivity contribution in [3.63, 3.8) is 0 Å². The average Bonchev–Trinajstić information content (AvgIpc) is 2.40. The molecule has 0 unspecified atom stereocenters. The summed E-state index contributed by atoms with van der Waals surface area (Å²) in [6.07, 6.45) is -4.26. The monoisotopic (exact) mass is 390 g/mol. The van der Waals surface area contributed by atoms with E-state index in [-0.39, 0.29) is 21.4 Å². The third kappa shape index (κ3) is 3.31. The summed E-state index contributed by atoms with van der Waals surface area (Å²) in [6.45, 7) is 0. The van der Waals surface area contributed by atoms with E-state index in [2.05, 4.69) is 15.9 Å². The van der Waals surface area contributed by atoms with Crippen LogP contribution < -0.4 is 0 Å². The lowest BCUT2D eigenvalue weighted by atomic mass is 9.88. The van der Waals surface area contributed by atoms with Gasteiger partial charge in [0.1, 0.15) is 5.56 Å². The number of fused-ring (bicyclic) bond motifs is 1. The fourth-order valence-electron chi connectivity index (χ4n) is 1.88. The van der Waals surface area contributed by atoms with Crippen LogP contribution >= 0.6 is 15.9 Å². The Hall–Kier alpha value is -2.49. The second-order valence-corrected chi connectivity index (χ2v) is 5.24. The minimum atomic E-state index is -4.26. The van der Waals surface area contributed by atoms with Gasteiger partial charge in [0.2, 0.25) is 0 Å². The largest absolute Gasteiger partial charge is 0.417 e. The van der Waals surface area contributed by atoms with Gasteiger partial charge in [-0.15, -0.1) is 0 Å². The van der Waals surface area contributed by atoms with E-state index in [4.69, 9.17) is 0 Å². The molecule has 2 aliphatic rings. The lowest BCUT2D eigenvalue weighted by molar-refractivity contribution is -0.394.